The van der Waals surface area contributed by atoms with Crippen molar-refractivity contribution in [3.05, 3.63) is 100 Å². The first-order chi connectivity index (χ1) is 20.0. The molecular weight excluding hydrogens is 558 g/mol. The molecule has 1 aromatic heterocycles. The first-order valence-corrected chi connectivity index (χ1v) is 14.8. The number of para-hydroxylation sites is 2. The Balaban J connectivity index is 1.48. The number of nitrogens with one attached hydrogen (secondary N) is 2. The summed E-state index contributed by atoms with van der Waals surface area (Å²) in [7, 11) is 1.58. The van der Waals surface area contributed by atoms with Crippen LogP contribution in [0.15, 0.2) is 89.2 Å². The fraction of sp³-hybridized carbons (Fsp3) is 0.258. The van der Waals surface area contributed by atoms with Crippen molar-refractivity contribution < 1.29 is 14.3 Å². The molecule has 212 valence electrons. The van der Waals surface area contributed by atoms with Gasteiger partial charge in [0.05, 0.1) is 25.0 Å². The van der Waals surface area contributed by atoms with E-state index in [1.54, 1.807) is 11.8 Å². The minimum Gasteiger partial charge on any atom is -0.495 e. The van der Waals surface area contributed by atoms with E-state index in [1.165, 1.54) is 11.8 Å². The van der Waals surface area contributed by atoms with Gasteiger partial charge >= 0.3 is 0 Å². The van der Waals surface area contributed by atoms with Gasteiger partial charge in [-0.2, -0.15) is 4.98 Å². The van der Waals surface area contributed by atoms with Crippen molar-refractivity contribution in [3.63, 3.8) is 0 Å². The number of hydrogen-bond acceptors (Lipinski definition) is 7. The topological polar surface area (TPSA) is 90.3 Å². The van der Waals surface area contributed by atoms with Crippen LogP contribution < -0.4 is 20.1 Å². The summed E-state index contributed by atoms with van der Waals surface area (Å²) < 4.78 is 13.1. The van der Waals surface area contributed by atoms with E-state index in [4.69, 9.17) is 31.2 Å². The highest BCUT2D eigenvalue weighted by atomic mass is 35.5. The second-order valence-corrected chi connectivity index (χ2v) is 10.9. The van der Waals surface area contributed by atoms with Crippen molar-refractivity contribution >= 4 is 40.9 Å². The molecule has 4 aromatic rings. The number of fused-ring (bicyclic) bond motifs is 1. The van der Waals surface area contributed by atoms with Crippen LogP contribution in [0.1, 0.15) is 43.9 Å². The monoisotopic (exact) mass is 589 g/mol. The average Bonchev–Trinajstić information content (AvgIpc) is 3.39. The highest BCUT2D eigenvalue weighted by Gasteiger charge is 2.34. The smallest absolute Gasteiger partial charge is 0.255 e. The quantitative estimate of drug-likeness (QED) is 0.140. The van der Waals surface area contributed by atoms with E-state index in [9.17, 15) is 4.79 Å². The number of allylic oxidation sites excluding steroid dienone is 1. The summed E-state index contributed by atoms with van der Waals surface area (Å²) in [5.74, 6) is 2.27. The third-order valence-corrected chi connectivity index (χ3v) is 7.97. The number of thioether (sulfide) groups is 1. The molecule has 1 aliphatic rings. The zero-order valence-corrected chi connectivity index (χ0v) is 24.8. The van der Waals surface area contributed by atoms with Crippen LogP contribution in [-0.4, -0.2) is 34.4 Å². The lowest BCUT2D eigenvalue weighted by Gasteiger charge is -2.29. The zero-order valence-electron chi connectivity index (χ0n) is 23.2. The number of ether oxygens (including phenoxy) is 2. The molecule has 3 aromatic carbocycles. The molecule has 8 nitrogen and oxygen atoms in total. The summed E-state index contributed by atoms with van der Waals surface area (Å²) in [6, 6.07) is 22.4. The Bertz CT molecular complexity index is 1550. The maximum absolute atomic E-state index is 13.9. The van der Waals surface area contributed by atoms with Gasteiger partial charge in [-0.3, -0.25) is 4.79 Å². The van der Waals surface area contributed by atoms with Crippen LogP contribution in [0.4, 0.5) is 11.6 Å². The van der Waals surface area contributed by atoms with Crippen molar-refractivity contribution in [1.82, 2.24) is 14.8 Å². The highest BCUT2D eigenvalue weighted by Crippen LogP contribution is 2.38. The van der Waals surface area contributed by atoms with E-state index in [0.29, 0.717) is 51.2 Å². The molecule has 0 bridgehead atoms. The number of methoxy groups -OCH3 is 1. The fourth-order valence-corrected chi connectivity index (χ4v) is 5.69. The summed E-state index contributed by atoms with van der Waals surface area (Å²) in [5.41, 5.74) is 3.68. The Labute approximate surface area is 249 Å². The summed E-state index contributed by atoms with van der Waals surface area (Å²) in [6.07, 6.45) is 2.05. The van der Waals surface area contributed by atoms with Crippen LogP contribution in [0.2, 0.25) is 5.02 Å². The Morgan fingerprint density at radius 1 is 1.10 bits per heavy atom. The number of rotatable bonds is 11. The lowest BCUT2D eigenvalue weighted by Crippen LogP contribution is -2.31. The number of halogens is 1. The molecule has 2 heterocycles. The van der Waals surface area contributed by atoms with Gasteiger partial charge in [0.1, 0.15) is 17.5 Å². The number of aromatic nitrogens is 3. The second-order valence-electron chi connectivity index (χ2n) is 9.53. The van der Waals surface area contributed by atoms with Gasteiger partial charge in [-0.05, 0) is 54.8 Å². The van der Waals surface area contributed by atoms with Gasteiger partial charge in [-0.25, -0.2) is 4.68 Å². The van der Waals surface area contributed by atoms with Crippen LogP contribution >= 0.6 is 23.4 Å². The van der Waals surface area contributed by atoms with E-state index in [0.717, 1.165) is 29.7 Å². The van der Waals surface area contributed by atoms with Crippen LogP contribution in [0, 0.1) is 0 Å². The van der Waals surface area contributed by atoms with Gasteiger partial charge in [0, 0.05) is 16.5 Å². The molecule has 10 heteroatoms. The summed E-state index contributed by atoms with van der Waals surface area (Å²) in [4.78, 5) is 18.6. The third kappa shape index (κ3) is 6.52. The highest BCUT2D eigenvalue weighted by molar-refractivity contribution is 7.98. The molecule has 0 fully saturated rings. The predicted molar refractivity (Wildman–Crippen MR) is 164 cm³/mol. The van der Waals surface area contributed by atoms with Gasteiger partial charge in [0.15, 0.2) is 0 Å². The minimum absolute atomic E-state index is 0.265. The van der Waals surface area contributed by atoms with Gasteiger partial charge in [-0.15, -0.1) is 5.10 Å². The molecule has 1 aliphatic heterocycles. The van der Waals surface area contributed by atoms with E-state index in [1.807, 2.05) is 79.7 Å². The maximum Gasteiger partial charge on any atom is 0.255 e. The molecule has 5 rings (SSSR count). The number of anilines is 2. The molecule has 0 radical (unpaired) electrons. The third-order valence-electron chi connectivity index (χ3n) is 6.71. The molecule has 0 aliphatic carbocycles. The molecule has 1 atom stereocenters. The summed E-state index contributed by atoms with van der Waals surface area (Å²) in [6.45, 7) is 4.67. The van der Waals surface area contributed by atoms with E-state index < -0.39 is 6.04 Å². The Kier molecular flexibility index (Phi) is 9.16. The van der Waals surface area contributed by atoms with Gasteiger partial charge in [0.2, 0.25) is 11.1 Å². The largest absolute Gasteiger partial charge is 0.495 e. The molecule has 1 amide bonds. The number of unbranched alkanes of at least 4 members (excludes halogenated alkanes) is 1. The van der Waals surface area contributed by atoms with Gasteiger partial charge in [0.25, 0.3) is 5.91 Å². The Hall–Kier alpha value is -3.95. The molecule has 2 N–H and O–H groups in total. The van der Waals surface area contributed by atoms with E-state index in [-0.39, 0.29) is 5.91 Å². The summed E-state index contributed by atoms with van der Waals surface area (Å²) >= 11 is 7.85. The molecule has 1 unspecified atom stereocenters. The number of amides is 1. The lowest BCUT2D eigenvalue weighted by molar-refractivity contribution is -0.113. The number of nitrogens with zero attached hydrogens (tertiary/aromatic N) is 3. The maximum atomic E-state index is 13.9. The van der Waals surface area contributed by atoms with E-state index >= 15 is 0 Å². The van der Waals surface area contributed by atoms with E-state index in [2.05, 4.69) is 17.6 Å². The van der Waals surface area contributed by atoms with Gasteiger partial charge in [-0.1, -0.05) is 79.2 Å². The fourth-order valence-electron chi connectivity index (χ4n) is 4.57. The number of carbonyl (C=O) groups is 1. The van der Waals surface area contributed by atoms with Gasteiger partial charge < -0.3 is 20.1 Å². The minimum atomic E-state index is -0.521. The standard InChI is InChI=1S/C31H32ClN5O3S/c1-4-5-18-40-23-16-14-21(15-17-23)28-27(29(38)34-25-12-8-9-13-26(25)39-3)20(2)33-30-35-31(36-37(28)30)41-19-22-10-6-7-11-24(22)32/h6-17,28H,4-5,18-19H2,1-3H3,(H,34,38)(H,33,35,36). The first-order valence-electron chi connectivity index (χ1n) is 13.5. The molecule has 0 spiro atoms. The van der Waals surface area contributed by atoms with Crippen molar-refractivity contribution in [2.24, 2.45) is 0 Å². The van der Waals surface area contributed by atoms with Crippen LogP contribution in [-0.2, 0) is 10.5 Å². The zero-order chi connectivity index (χ0) is 28.8. The van der Waals surface area contributed by atoms with Crippen LogP contribution in [0.25, 0.3) is 0 Å². The van der Waals surface area contributed by atoms with Crippen molar-refractivity contribution in [2.75, 3.05) is 24.4 Å². The SMILES string of the molecule is CCCCOc1ccc(C2C(C(=O)Nc3ccccc3OC)=C(C)Nc3nc(SCc4ccccc4Cl)nn32)cc1. The number of carbonyl (C=O) groups excluding carboxylic acids is 1. The lowest BCUT2D eigenvalue weighted by atomic mass is 9.95. The predicted octanol–water partition coefficient (Wildman–Crippen LogP) is 7.34. The van der Waals surface area contributed by atoms with Crippen molar-refractivity contribution in [2.45, 2.75) is 43.6 Å². The molecule has 41 heavy (non-hydrogen) atoms. The van der Waals surface area contributed by atoms with Crippen molar-refractivity contribution in [1.29, 1.82) is 0 Å². The number of hydrogen-bond donors (Lipinski definition) is 2. The van der Waals surface area contributed by atoms with Crippen LogP contribution in [0.5, 0.6) is 11.5 Å². The molecule has 0 saturated heterocycles. The number of benzene rings is 3. The Morgan fingerprint density at radius 2 is 1.85 bits per heavy atom. The first kappa shape index (κ1) is 28.6. The summed E-state index contributed by atoms with van der Waals surface area (Å²) in [5, 5.41) is 12.4. The molecular formula is C31H32ClN5O3S. The van der Waals surface area contributed by atoms with Crippen LogP contribution in [0.3, 0.4) is 0 Å². The Morgan fingerprint density at radius 3 is 2.61 bits per heavy atom. The van der Waals surface area contributed by atoms with Crippen molar-refractivity contribution in [3.8, 4) is 11.5 Å². The normalized spacial score (nSPS) is 14.3. The average molecular weight is 590 g/mol. The molecule has 0 saturated carbocycles. The second kappa shape index (κ2) is 13.1.